The maximum Gasteiger partial charge on any atom is 0.248 e. The number of halogens is 2. The number of amides is 1. The van der Waals surface area contributed by atoms with Crippen LogP contribution in [0.4, 0.5) is 10.1 Å². The lowest BCUT2D eigenvalue weighted by Crippen LogP contribution is -2.10. The molecule has 4 rings (SSSR count). The number of carbonyl (C=O) groups excluding carboxylic acids is 1. The van der Waals surface area contributed by atoms with Gasteiger partial charge < -0.3 is 5.32 Å². The second kappa shape index (κ2) is 7.26. The molecule has 0 fully saturated rings. The van der Waals surface area contributed by atoms with Crippen molar-refractivity contribution < 1.29 is 9.18 Å². The third kappa shape index (κ3) is 3.57. The van der Waals surface area contributed by atoms with Crippen LogP contribution < -0.4 is 5.32 Å². The van der Waals surface area contributed by atoms with Crippen LogP contribution in [0.2, 0.25) is 5.02 Å². The zero-order valence-corrected chi connectivity index (χ0v) is 15.2. The number of tetrazole rings is 1. The molecule has 0 spiro atoms. The fraction of sp³-hybridized carbons (Fsp3) is 0. The SMILES string of the molecule is O=C(C=Cc1sc2ccccc2c1Cl)Nc1cc(-n2cnnn2)ccc1F. The van der Waals surface area contributed by atoms with Gasteiger partial charge in [-0.25, -0.2) is 9.07 Å². The summed E-state index contributed by atoms with van der Waals surface area (Å²) in [6, 6.07) is 11.9. The maximum atomic E-state index is 14.0. The molecule has 1 N–H and O–H groups in total. The highest BCUT2D eigenvalue weighted by Crippen LogP contribution is 2.35. The molecule has 9 heteroatoms. The zero-order chi connectivity index (χ0) is 18.8. The van der Waals surface area contributed by atoms with Crippen molar-refractivity contribution in [2.75, 3.05) is 5.32 Å². The van der Waals surface area contributed by atoms with Gasteiger partial charge in [-0.3, -0.25) is 4.79 Å². The first kappa shape index (κ1) is 17.3. The number of carbonyl (C=O) groups is 1. The molecular weight excluding hydrogens is 389 g/mol. The summed E-state index contributed by atoms with van der Waals surface area (Å²) in [5, 5.41) is 14.8. The van der Waals surface area contributed by atoms with Gasteiger partial charge in [-0.1, -0.05) is 29.8 Å². The van der Waals surface area contributed by atoms with E-state index in [0.717, 1.165) is 15.0 Å². The molecule has 0 aliphatic rings. The summed E-state index contributed by atoms with van der Waals surface area (Å²) in [5.41, 5.74) is 0.549. The van der Waals surface area contributed by atoms with Crippen molar-refractivity contribution in [3.8, 4) is 5.69 Å². The van der Waals surface area contributed by atoms with Crippen LogP contribution in [0.1, 0.15) is 4.88 Å². The largest absolute Gasteiger partial charge is 0.320 e. The molecule has 27 heavy (non-hydrogen) atoms. The second-order valence-corrected chi connectivity index (χ2v) is 6.98. The van der Waals surface area contributed by atoms with Gasteiger partial charge in [-0.15, -0.1) is 16.4 Å². The molecule has 1 amide bonds. The van der Waals surface area contributed by atoms with Gasteiger partial charge >= 0.3 is 0 Å². The summed E-state index contributed by atoms with van der Waals surface area (Å²) in [6.45, 7) is 0. The van der Waals surface area contributed by atoms with Crippen LogP contribution in [-0.4, -0.2) is 26.1 Å². The normalized spacial score (nSPS) is 11.3. The number of rotatable bonds is 4. The number of benzene rings is 2. The summed E-state index contributed by atoms with van der Waals surface area (Å²) in [7, 11) is 0. The first-order valence-electron chi connectivity index (χ1n) is 7.81. The molecule has 2 aromatic carbocycles. The van der Waals surface area contributed by atoms with Crippen LogP contribution in [0.3, 0.4) is 0 Å². The molecule has 0 saturated carbocycles. The first-order chi connectivity index (χ1) is 13.1. The number of fused-ring (bicyclic) bond motifs is 1. The van der Waals surface area contributed by atoms with E-state index in [2.05, 4.69) is 20.8 Å². The zero-order valence-electron chi connectivity index (χ0n) is 13.6. The van der Waals surface area contributed by atoms with Crippen LogP contribution in [0.5, 0.6) is 0 Å². The Morgan fingerprint density at radius 1 is 1.26 bits per heavy atom. The fourth-order valence-electron chi connectivity index (χ4n) is 2.50. The maximum absolute atomic E-state index is 14.0. The summed E-state index contributed by atoms with van der Waals surface area (Å²) in [5.74, 6) is -1.04. The van der Waals surface area contributed by atoms with Gasteiger partial charge in [0, 0.05) is 21.0 Å². The lowest BCUT2D eigenvalue weighted by molar-refractivity contribution is -0.111. The van der Waals surface area contributed by atoms with Crippen molar-refractivity contribution in [1.82, 2.24) is 20.2 Å². The topological polar surface area (TPSA) is 72.7 Å². The Hall–Kier alpha value is -3.10. The van der Waals surface area contributed by atoms with Crippen LogP contribution >= 0.6 is 22.9 Å². The van der Waals surface area contributed by atoms with E-state index in [1.165, 1.54) is 46.6 Å². The standard InChI is InChI=1S/C18H11ClFN5OS/c19-18-12-3-1-2-4-15(12)27-16(18)7-8-17(26)22-14-9-11(5-6-13(14)20)25-10-21-23-24-25/h1-10H,(H,22,26). The smallest absolute Gasteiger partial charge is 0.248 e. The summed E-state index contributed by atoms with van der Waals surface area (Å²) >= 11 is 7.83. The molecule has 0 atom stereocenters. The minimum absolute atomic E-state index is 0.0279. The van der Waals surface area contributed by atoms with Crippen molar-refractivity contribution in [1.29, 1.82) is 0 Å². The summed E-state index contributed by atoms with van der Waals surface area (Å²) in [6.07, 6.45) is 4.31. The molecule has 2 aromatic heterocycles. The van der Waals surface area contributed by atoms with Crippen LogP contribution in [0, 0.1) is 5.82 Å². The Morgan fingerprint density at radius 2 is 2.11 bits per heavy atom. The highest BCUT2D eigenvalue weighted by atomic mass is 35.5. The van der Waals surface area contributed by atoms with E-state index < -0.39 is 11.7 Å². The average Bonchev–Trinajstić information content (AvgIpc) is 3.31. The lowest BCUT2D eigenvalue weighted by Gasteiger charge is -2.06. The van der Waals surface area contributed by atoms with E-state index in [9.17, 15) is 9.18 Å². The van der Waals surface area contributed by atoms with Gasteiger partial charge in [-0.2, -0.15) is 0 Å². The summed E-state index contributed by atoms with van der Waals surface area (Å²) in [4.78, 5) is 13.0. The van der Waals surface area contributed by atoms with Crippen LogP contribution in [-0.2, 0) is 4.79 Å². The molecule has 4 aromatic rings. The second-order valence-electron chi connectivity index (χ2n) is 5.52. The van der Waals surface area contributed by atoms with Crippen LogP contribution in [0.15, 0.2) is 54.9 Å². The van der Waals surface area contributed by atoms with Gasteiger partial charge in [0.1, 0.15) is 12.1 Å². The molecule has 0 aliphatic carbocycles. The van der Waals surface area contributed by atoms with Crippen molar-refractivity contribution in [2.45, 2.75) is 0 Å². The van der Waals surface area contributed by atoms with Gasteiger partial charge in [0.05, 0.1) is 16.4 Å². The molecule has 6 nitrogen and oxygen atoms in total. The number of nitrogens with zero attached hydrogens (tertiary/aromatic N) is 4. The first-order valence-corrected chi connectivity index (χ1v) is 9.00. The quantitative estimate of drug-likeness (QED) is 0.519. The van der Waals surface area contributed by atoms with E-state index >= 15 is 0 Å². The minimum Gasteiger partial charge on any atom is -0.320 e. The van der Waals surface area contributed by atoms with E-state index in [1.54, 1.807) is 6.08 Å². The van der Waals surface area contributed by atoms with Crippen molar-refractivity contribution >= 4 is 50.7 Å². The predicted molar refractivity (Wildman–Crippen MR) is 104 cm³/mol. The molecule has 2 heterocycles. The van der Waals surface area contributed by atoms with Crippen molar-refractivity contribution in [2.24, 2.45) is 0 Å². The number of hydrogen-bond donors (Lipinski definition) is 1. The minimum atomic E-state index is -0.562. The van der Waals surface area contributed by atoms with E-state index in [4.69, 9.17) is 11.6 Å². The number of thiophene rings is 1. The van der Waals surface area contributed by atoms with Crippen molar-refractivity contribution in [3.63, 3.8) is 0 Å². The monoisotopic (exact) mass is 399 g/mol. The fourth-order valence-corrected chi connectivity index (χ4v) is 3.90. The Bertz CT molecular complexity index is 1160. The Labute approximate surface area is 161 Å². The highest BCUT2D eigenvalue weighted by molar-refractivity contribution is 7.20. The Kier molecular flexibility index (Phi) is 4.66. The van der Waals surface area contributed by atoms with Gasteiger partial charge in [0.15, 0.2) is 0 Å². The molecule has 134 valence electrons. The third-order valence-electron chi connectivity index (χ3n) is 3.77. The summed E-state index contributed by atoms with van der Waals surface area (Å²) < 4.78 is 16.4. The molecular formula is C18H11ClFN5OS. The number of anilines is 1. The van der Waals surface area contributed by atoms with Gasteiger partial charge in [0.2, 0.25) is 5.91 Å². The van der Waals surface area contributed by atoms with Crippen molar-refractivity contribution in [3.05, 3.63) is 70.6 Å². The number of aromatic nitrogens is 4. The number of nitrogens with one attached hydrogen (secondary N) is 1. The van der Waals surface area contributed by atoms with Gasteiger partial charge in [0.25, 0.3) is 0 Å². The molecule has 0 aliphatic heterocycles. The molecule has 0 unspecified atom stereocenters. The highest BCUT2D eigenvalue weighted by Gasteiger charge is 2.10. The van der Waals surface area contributed by atoms with Crippen LogP contribution in [0.25, 0.3) is 21.8 Å². The Morgan fingerprint density at radius 3 is 2.89 bits per heavy atom. The lowest BCUT2D eigenvalue weighted by atomic mass is 10.2. The predicted octanol–water partition coefficient (Wildman–Crippen LogP) is 4.32. The van der Waals surface area contributed by atoms with E-state index in [0.29, 0.717) is 10.7 Å². The average molecular weight is 400 g/mol. The molecule has 0 radical (unpaired) electrons. The third-order valence-corrected chi connectivity index (χ3v) is 5.42. The van der Waals surface area contributed by atoms with Gasteiger partial charge in [-0.05, 0) is 40.8 Å². The van der Waals surface area contributed by atoms with E-state index in [-0.39, 0.29) is 5.69 Å². The molecule has 0 saturated heterocycles. The molecule has 0 bridgehead atoms. The van der Waals surface area contributed by atoms with E-state index in [1.807, 2.05) is 24.3 Å². The number of hydrogen-bond acceptors (Lipinski definition) is 5. The Balaban J connectivity index is 1.54.